The van der Waals surface area contributed by atoms with Crippen molar-refractivity contribution in [2.45, 2.75) is 6.18 Å². The van der Waals surface area contributed by atoms with Crippen LogP contribution in [-0.4, -0.2) is 24.7 Å². The predicted molar refractivity (Wildman–Crippen MR) is 94.4 cm³/mol. The van der Waals surface area contributed by atoms with Crippen LogP contribution in [0.5, 0.6) is 0 Å². The van der Waals surface area contributed by atoms with Gasteiger partial charge < -0.3 is 5.73 Å². The van der Waals surface area contributed by atoms with Crippen LogP contribution in [0.25, 0.3) is 33.7 Å². The van der Waals surface area contributed by atoms with Crippen molar-refractivity contribution in [3.63, 3.8) is 0 Å². The number of halogens is 3. The minimum atomic E-state index is -4.61. The number of aryl methyl sites for hydroxylation is 1. The zero-order valence-electron chi connectivity index (χ0n) is 14.1. The first-order valence-corrected chi connectivity index (χ1v) is 7.93. The molecule has 3 heterocycles. The molecule has 0 radical (unpaired) electrons. The first kappa shape index (κ1) is 17.0. The average Bonchev–Trinajstić information content (AvgIpc) is 3.02. The Labute approximate surface area is 151 Å². The molecule has 0 unspecified atom stereocenters. The Hall–Kier alpha value is -3.49. The van der Waals surface area contributed by atoms with Crippen LogP contribution in [0.4, 0.5) is 19.0 Å². The van der Waals surface area contributed by atoms with Gasteiger partial charge in [0.25, 0.3) is 0 Å². The molecule has 0 amide bonds. The highest BCUT2D eigenvalue weighted by atomic mass is 19.4. The van der Waals surface area contributed by atoms with Gasteiger partial charge in [-0.3, -0.25) is 4.68 Å². The van der Waals surface area contributed by atoms with Crippen LogP contribution < -0.4 is 5.73 Å². The molecule has 0 bridgehead atoms. The van der Waals surface area contributed by atoms with Crippen molar-refractivity contribution in [3.8, 4) is 22.6 Å². The molecule has 0 aliphatic carbocycles. The highest BCUT2D eigenvalue weighted by Gasteiger charge is 2.34. The fraction of sp³-hybridized carbons (Fsp3) is 0.111. The van der Waals surface area contributed by atoms with E-state index in [0.717, 1.165) is 11.6 Å². The smallest absolute Gasteiger partial charge is 0.383 e. The first-order chi connectivity index (χ1) is 12.8. The molecule has 0 fully saturated rings. The monoisotopic (exact) mass is 370 g/mol. The van der Waals surface area contributed by atoms with Crippen molar-refractivity contribution in [2.75, 3.05) is 5.73 Å². The van der Waals surface area contributed by atoms with Gasteiger partial charge in [0.2, 0.25) is 0 Å². The molecule has 27 heavy (non-hydrogen) atoms. The summed E-state index contributed by atoms with van der Waals surface area (Å²) in [6, 6.07) is 10.3. The molecule has 0 saturated carbocycles. The summed E-state index contributed by atoms with van der Waals surface area (Å²) in [5.74, 6) is -0.341. The minimum absolute atomic E-state index is 0.0596. The third-order valence-electron chi connectivity index (χ3n) is 4.02. The van der Waals surface area contributed by atoms with Gasteiger partial charge in [-0.15, -0.1) is 0 Å². The maximum absolute atomic E-state index is 13.1. The Kier molecular flexibility index (Phi) is 3.79. The summed E-state index contributed by atoms with van der Waals surface area (Å²) in [7, 11) is 1.75. The average molecular weight is 370 g/mol. The number of fused-ring (bicyclic) bond motifs is 1. The molecule has 4 aromatic rings. The molecular formula is C18H13F3N6. The fourth-order valence-electron chi connectivity index (χ4n) is 2.80. The Morgan fingerprint density at radius 3 is 2.48 bits per heavy atom. The van der Waals surface area contributed by atoms with Gasteiger partial charge in [-0.2, -0.15) is 18.3 Å². The van der Waals surface area contributed by atoms with E-state index in [1.807, 2.05) is 30.3 Å². The molecule has 0 aliphatic rings. The number of pyridine rings is 1. The number of alkyl halides is 3. The maximum Gasteiger partial charge on any atom is 0.420 e. The van der Waals surface area contributed by atoms with Crippen molar-refractivity contribution in [2.24, 2.45) is 7.05 Å². The lowest BCUT2D eigenvalue weighted by atomic mass is 10.1. The largest absolute Gasteiger partial charge is 0.420 e. The second kappa shape index (κ2) is 6.04. The Balaban J connectivity index is 1.90. The minimum Gasteiger partial charge on any atom is -0.383 e. The molecule has 0 aliphatic heterocycles. The summed E-state index contributed by atoms with van der Waals surface area (Å²) in [4.78, 5) is 12.3. The lowest BCUT2D eigenvalue weighted by Gasteiger charge is -2.10. The van der Waals surface area contributed by atoms with Gasteiger partial charge in [0.05, 0.1) is 22.8 Å². The lowest BCUT2D eigenvalue weighted by molar-refractivity contribution is -0.137. The molecule has 2 N–H and O–H groups in total. The predicted octanol–water partition coefficient (Wildman–Crippen LogP) is 3.69. The summed E-state index contributed by atoms with van der Waals surface area (Å²) in [6.45, 7) is 0. The van der Waals surface area contributed by atoms with E-state index in [1.54, 1.807) is 17.9 Å². The molecule has 136 valence electrons. The summed E-state index contributed by atoms with van der Waals surface area (Å²) in [5, 5.41) is 4.43. The van der Waals surface area contributed by atoms with Crippen LogP contribution in [0.1, 0.15) is 5.56 Å². The summed E-state index contributed by atoms with van der Waals surface area (Å²) in [5.41, 5.74) is 6.75. The van der Waals surface area contributed by atoms with Gasteiger partial charge in [-0.05, 0) is 6.07 Å². The number of rotatable bonds is 2. The van der Waals surface area contributed by atoms with Crippen molar-refractivity contribution in [3.05, 3.63) is 54.4 Å². The Bertz CT molecular complexity index is 1140. The molecule has 0 saturated heterocycles. The maximum atomic E-state index is 13.1. The molecule has 3 aromatic heterocycles. The molecule has 0 spiro atoms. The zero-order valence-corrected chi connectivity index (χ0v) is 14.1. The van der Waals surface area contributed by atoms with E-state index in [-0.39, 0.29) is 16.9 Å². The van der Waals surface area contributed by atoms with Gasteiger partial charge in [0, 0.05) is 18.8 Å². The number of aromatic nitrogens is 5. The van der Waals surface area contributed by atoms with Crippen molar-refractivity contribution < 1.29 is 13.2 Å². The van der Waals surface area contributed by atoms with Crippen molar-refractivity contribution in [1.29, 1.82) is 0 Å². The standard InChI is InChI=1S/C18H13F3N6/c1-27-9-11(15(26-27)10-5-3-2-4-6-10)17-23-8-14-13(25-17)7-12(16(22)24-14)18(19,20)21/h2-9H,1H3,(H2,22,24). The van der Waals surface area contributed by atoms with Crippen molar-refractivity contribution >= 4 is 16.9 Å². The number of benzene rings is 1. The van der Waals surface area contributed by atoms with Gasteiger partial charge in [-0.25, -0.2) is 15.0 Å². The second-order valence-corrected chi connectivity index (χ2v) is 5.95. The fourth-order valence-corrected chi connectivity index (χ4v) is 2.80. The van der Waals surface area contributed by atoms with Gasteiger partial charge in [0.1, 0.15) is 17.0 Å². The number of hydrogen-bond acceptors (Lipinski definition) is 5. The summed E-state index contributed by atoms with van der Waals surface area (Å²) in [6.07, 6.45) is -1.53. The van der Waals surface area contributed by atoms with Crippen LogP contribution in [0, 0.1) is 0 Å². The molecule has 9 heteroatoms. The van der Waals surface area contributed by atoms with Crippen LogP contribution >= 0.6 is 0 Å². The van der Waals surface area contributed by atoms with E-state index in [4.69, 9.17) is 5.73 Å². The Morgan fingerprint density at radius 1 is 1.04 bits per heavy atom. The van der Waals surface area contributed by atoms with E-state index in [0.29, 0.717) is 11.3 Å². The number of anilines is 1. The summed E-state index contributed by atoms with van der Waals surface area (Å²) < 4.78 is 40.9. The zero-order chi connectivity index (χ0) is 19.2. The van der Waals surface area contributed by atoms with E-state index in [2.05, 4.69) is 20.1 Å². The second-order valence-electron chi connectivity index (χ2n) is 5.95. The molecular weight excluding hydrogens is 357 g/mol. The number of hydrogen-bond donors (Lipinski definition) is 1. The van der Waals surface area contributed by atoms with Crippen molar-refractivity contribution in [1.82, 2.24) is 24.7 Å². The third-order valence-corrected chi connectivity index (χ3v) is 4.02. The van der Waals surface area contributed by atoms with E-state index in [1.165, 1.54) is 6.20 Å². The van der Waals surface area contributed by atoms with E-state index >= 15 is 0 Å². The van der Waals surface area contributed by atoms with Crippen LogP contribution in [0.3, 0.4) is 0 Å². The molecule has 1 aromatic carbocycles. The van der Waals surface area contributed by atoms with E-state index in [9.17, 15) is 13.2 Å². The topological polar surface area (TPSA) is 82.5 Å². The first-order valence-electron chi connectivity index (χ1n) is 7.93. The molecule has 4 rings (SSSR count). The molecule has 0 atom stereocenters. The third kappa shape index (κ3) is 3.07. The van der Waals surface area contributed by atoms with Gasteiger partial charge in [0.15, 0.2) is 5.82 Å². The summed E-state index contributed by atoms with van der Waals surface area (Å²) >= 11 is 0. The van der Waals surface area contributed by atoms with Crippen LogP contribution in [-0.2, 0) is 13.2 Å². The van der Waals surface area contributed by atoms with Crippen LogP contribution in [0.15, 0.2) is 48.8 Å². The molecule has 6 nitrogen and oxygen atoms in total. The van der Waals surface area contributed by atoms with Crippen LogP contribution in [0.2, 0.25) is 0 Å². The number of nitrogen functional groups attached to an aromatic ring is 1. The quantitative estimate of drug-likeness (QED) is 0.582. The number of nitrogens with zero attached hydrogens (tertiary/aromatic N) is 5. The normalized spacial score (nSPS) is 11.9. The SMILES string of the molecule is Cn1cc(-c2ncc3nc(N)c(C(F)(F)F)cc3n2)c(-c2ccccc2)n1. The number of nitrogens with two attached hydrogens (primary N) is 1. The van der Waals surface area contributed by atoms with Gasteiger partial charge in [-0.1, -0.05) is 30.3 Å². The highest BCUT2D eigenvalue weighted by molar-refractivity contribution is 5.82. The van der Waals surface area contributed by atoms with E-state index < -0.39 is 17.6 Å². The van der Waals surface area contributed by atoms with Gasteiger partial charge >= 0.3 is 6.18 Å². The Morgan fingerprint density at radius 2 is 1.78 bits per heavy atom. The lowest BCUT2D eigenvalue weighted by Crippen LogP contribution is -2.11. The highest BCUT2D eigenvalue weighted by Crippen LogP contribution is 2.35.